The van der Waals surface area contributed by atoms with Crippen LogP contribution in [-0.4, -0.2) is 33.0 Å². The average molecular weight is 301 g/mol. The van der Waals surface area contributed by atoms with Crippen LogP contribution in [0, 0.1) is 10.1 Å². The van der Waals surface area contributed by atoms with Crippen LogP contribution in [-0.2, 0) is 10.0 Å². The lowest BCUT2D eigenvalue weighted by Crippen LogP contribution is -2.33. The van der Waals surface area contributed by atoms with Crippen LogP contribution in [0.2, 0.25) is 0 Å². The minimum atomic E-state index is -3.63. The molecule has 1 rings (SSSR count). The number of nitro benzene ring substituents is 1. The molecule has 1 atom stereocenters. The first-order chi connectivity index (χ1) is 9.36. The number of nitrogens with one attached hydrogen (secondary N) is 2. The van der Waals surface area contributed by atoms with Gasteiger partial charge in [-0.1, -0.05) is 0 Å². The van der Waals surface area contributed by atoms with Crippen molar-refractivity contribution < 1.29 is 13.3 Å². The van der Waals surface area contributed by atoms with Crippen LogP contribution < -0.4 is 10.0 Å². The van der Waals surface area contributed by atoms with Crippen LogP contribution in [0.25, 0.3) is 0 Å². The summed E-state index contributed by atoms with van der Waals surface area (Å²) < 4.78 is 26.7. The Kier molecular flexibility index (Phi) is 6.05. The summed E-state index contributed by atoms with van der Waals surface area (Å²) in [4.78, 5) is 9.99. The summed E-state index contributed by atoms with van der Waals surface area (Å²) >= 11 is 0. The van der Waals surface area contributed by atoms with Crippen molar-refractivity contribution in [3.63, 3.8) is 0 Å². The number of hydrogen-bond donors (Lipinski definition) is 2. The van der Waals surface area contributed by atoms with Crippen molar-refractivity contribution in [3.8, 4) is 0 Å². The maximum absolute atomic E-state index is 12.1. The quantitative estimate of drug-likeness (QED) is 0.427. The molecule has 0 fully saturated rings. The average Bonchev–Trinajstić information content (AvgIpc) is 2.38. The van der Waals surface area contributed by atoms with Gasteiger partial charge in [0.05, 0.1) is 9.82 Å². The Morgan fingerprint density at radius 3 is 2.40 bits per heavy atom. The predicted molar refractivity (Wildman–Crippen MR) is 76.0 cm³/mol. The van der Waals surface area contributed by atoms with Crippen molar-refractivity contribution in [2.75, 3.05) is 13.6 Å². The molecular formula is C12H19N3O4S. The number of sulfonamides is 1. The Labute approximate surface area is 118 Å². The zero-order chi connectivity index (χ0) is 15.2. The Morgan fingerprint density at radius 1 is 1.30 bits per heavy atom. The second-order valence-corrected chi connectivity index (χ2v) is 6.23. The second kappa shape index (κ2) is 7.32. The van der Waals surface area contributed by atoms with Gasteiger partial charge in [-0.3, -0.25) is 10.1 Å². The summed E-state index contributed by atoms with van der Waals surface area (Å²) in [6.07, 6.45) is 1.58. The zero-order valence-electron chi connectivity index (χ0n) is 11.5. The minimum Gasteiger partial charge on any atom is -0.320 e. The molecular weight excluding hydrogens is 282 g/mol. The molecule has 1 aromatic carbocycles. The molecule has 2 N–H and O–H groups in total. The summed E-state index contributed by atoms with van der Waals surface area (Å²) in [7, 11) is -1.79. The fourth-order valence-electron chi connectivity index (χ4n) is 1.72. The van der Waals surface area contributed by atoms with E-state index in [0.29, 0.717) is 6.42 Å². The van der Waals surface area contributed by atoms with Gasteiger partial charge in [0.25, 0.3) is 5.69 Å². The summed E-state index contributed by atoms with van der Waals surface area (Å²) in [5.74, 6) is 0. The van der Waals surface area contributed by atoms with E-state index in [1.54, 1.807) is 6.92 Å². The van der Waals surface area contributed by atoms with E-state index in [-0.39, 0.29) is 16.6 Å². The molecule has 1 aromatic rings. The Bertz CT molecular complexity index is 542. The largest absolute Gasteiger partial charge is 0.320 e. The van der Waals surface area contributed by atoms with Crippen molar-refractivity contribution in [3.05, 3.63) is 34.4 Å². The third-order valence-corrected chi connectivity index (χ3v) is 4.38. The van der Waals surface area contributed by atoms with Crippen LogP contribution in [0.5, 0.6) is 0 Å². The monoisotopic (exact) mass is 301 g/mol. The Hall–Kier alpha value is -1.51. The molecule has 0 radical (unpaired) electrons. The SMILES string of the molecule is CNCCCC(C)NS(=O)(=O)c1ccc([N+](=O)[O-])cc1. The van der Waals surface area contributed by atoms with E-state index in [0.717, 1.165) is 13.0 Å². The maximum Gasteiger partial charge on any atom is 0.269 e. The molecule has 0 aliphatic rings. The van der Waals surface area contributed by atoms with Crippen LogP contribution in [0.1, 0.15) is 19.8 Å². The van der Waals surface area contributed by atoms with E-state index < -0.39 is 14.9 Å². The fourth-order valence-corrected chi connectivity index (χ4v) is 3.00. The molecule has 112 valence electrons. The molecule has 0 aromatic heterocycles. The molecule has 0 saturated carbocycles. The third-order valence-electron chi connectivity index (χ3n) is 2.78. The highest BCUT2D eigenvalue weighted by Gasteiger charge is 2.18. The summed E-state index contributed by atoms with van der Waals surface area (Å²) in [6, 6.07) is 4.64. The molecule has 1 unspecified atom stereocenters. The lowest BCUT2D eigenvalue weighted by molar-refractivity contribution is -0.384. The van der Waals surface area contributed by atoms with E-state index in [9.17, 15) is 18.5 Å². The van der Waals surface area contributed by atoms with Crippen LogP contribution >= 0.6 is 0 Å². The van der Waals surface area contributed by atoms with Gasteiger partial charge in [0, 0.05) is 18.2 Å². The molecule has 0 aliphatic carbocycles. The van der Waals surface area contributed by atoms with Gasteiger partial charge in [-0.25, -0.2) is 13.1 Å². The molecule has 0 spiro atoms. The van der Waals surface area contributed by atoms with Gasteiger partial charge in [0.15, 0.2) is 0 Å². The van der Waals surface area contributed by atoms with Crippen molar-refractivity contribution >= 4 is 15.7 Å². The number of non-ortho nitro benzene ring substituents is 1. The molecule has 0 aliphatic heterocycles. The van der Waals surface area contributed by atoms with Gasteiger partial charge >= 0.3 is 0 Å². The third kappa shape index (κ3) is 4.87. The van der Waals surface area contributed by atoms with E-state index in [4.69, 9.17) is 0 Å². The van der Waals surface area contributed by atoms with Crippen LogP contribution in [0.3, 0.4) is 0 Å². The number of benzene rings is 1. The first-order valence-corrected chi connectivity index (χ1v) is 7.76. The molecule has 8 heteroatoms. The zero-order valence-corrected chi connectivity index (χ0v) is 12.3. The highest BCUT2D eigenvalue weighted by molar-refractivity contribution is 7.89. The van der Waals surface area contributed by atoms with Crippen LogP contribution in [0.4, 0.5) is 5.69 Å². The molecule has 0 heterocycles. The predicted octanol–water partition coefficient (Wildman–Crippen LogP) is 1.26. The van der Waals surface area contributed by atoms with E-state index in [1.165, 1.54) is 24.3 Å². The lowest BCUT2D eigenvalue weighted by atomic mass is 10.2. The highest BCUT2D eigenvalue weighted by atomic mass is 32.2. The van der Waals surface area contributed by atoms with E-state index in [2.05, 4.69) is 10.0 Å². The first kappa shape index (κ1) is 16.5. The number of rotatable bonds is 8. The number of hydrogen-bond acceptors (Lipinski definition) is 5. The van der Waals surface area contributed by atoms with E-state index >= 15 is 0 Å². The fraction of sp³-hybridized carbons (Fsp3) is 0.500. The van der Waals surface area contributed by atoms with Gasteiger partial charge in [-0.05, 0) is 45.5 Å². The van der Waals surface area contributed by atoms with Crippen LogP contribution in [0.15, 0.2) is 29.2 Å². The standard InChI is InChI=1S/C12H19N3O4S/c1-10(4-3-9-13-2)14-20(18,19)12-7-5-11(6-8-12)15(16)17/h5-8,10,13-14H,3-4,9H2,1-2H3. The minimum absolute atomic E-state index is 0.0311. The first-order valence-electron chi connectivity index (χ1n) is 6.28. The molecule has 0 amide bonds. The summed E-state index contributed by atoms with van der Waals surface area (Å²) in [5, 5.41) is 13.5. The van der Waals surface area contributed by atoms with Gasteiger partial charge in [-0.2, -0.15) is 0 Å². The van der Waals surface area contributed by atoms with Gasteiger partial charge < -0.3 is 5.32 Å². The molecule has 0 saturated heterocycles. The van der Waals surface area contributed by atoms with Crippen molar-refractivity contribution in [1.82, 2.24) is 10.0 Å². The number of nitrogens with zero attached hydrogens (tertiary/aromatic N) is 1. The van der Waals surface area contributed by atoms with Crippen molar-refractivity contribution in [2.24, 2.45) is 0 Å². The highest BCUT2D eigenvalue weighted by Crippen LogP contribution is 2.16. The number of nitro groups is 1. The van der Waals surface area contributed by atoms with Gasteiger partial charge in [-0.15, -0.1) is 0 Å². The molecule has 0 bridgehead atoms. The Morgan fingerprint density at radius 2 is 1.90 bits per heavy atom. The van der Waals surface area contributed by atoms with Crippen molar-refractivity contribution in [1.29, 1.82) is 0 Å². The topological polar surface area (TPSA) is 101 Å². The maximum atomic E-state index is 12.1. The van der Waals surface area contributed by atoms with E-state index in [1.807, 2.05) is 7.05 Å². The van der Waals surface area contributed by atoms with Gasteiger partial charge in [0.1, 0.15) is 0 Å². The van der Waals surface area contributed by atoms with Crippen molar-refractivity contribution in [2.45, 2.75) is 30.7 Å². The lowest BCUT2D eigenvalue weighted by Gasteiger charge is -2.14. The summed E-state index contributed by atoms with van der Waals surface area (Å²) in [5.41, 5.74) is -0.133. The smallest absolute Gasteiger partial charge is 0.269 e. The summed E-state index contributed by atoms with van der Waals surface area (Å²) in [6.45, 7) is 2.61. The Balaban J connectivity index is 2.70. The molecule has 20 heavy (non-hydrogen) atoms. The normalized spacial score (nSPS) is 13.1. The second-order valence-electron chi connectivity index (χ2n) is 4.52. The molecule has 7 nitrogen and oxygen atoms in total. The van der Waals surface area contributed by atoms with Gasteiger partial charge in [0.2, 0.25) is 10.0 Å².